The summed E-state index contributed by atoms with van der Waals surface area (Å²) in [4.78, 5) is 33.4. The predicted octanol–water partition coefficient (Wildman–Crippen LogP) is 1.03. The largest absolute Gasteiger partial charge is 0.456 e. The molecule has 0 bridgehead atoms. The van der Waals surface area contributed by atoms with Gasteiger partial charge in [0.05, 0.1) is 0 Å². The molecule has 1 aromatic heterocycles. The van der Waals surface area contributed by atoms with Crippen LogP contribution in [0.15, 0.2) is 18.5 Å². The molecule has 0 spiro atoms. The van der Waals surface area contributed by atoms with Gasteiger partial charge in [0.1, 0.15) is 6.10 Å². The molecule has 2 fully saturated rings. The molecule has 0 atom stereocenters. The topological polar surface area (TPSA) is 72.4 Å². The van der Waals surface area contributed by atoms with Crippen LogP contribution in [0.1, 0.15) is 36.3 Å². The summed E-state index contributed by atoms with van der Waals surface area (Å²) in [5.74, 6) is 0.120. The maximum Gasteiger partial charge on any atom is 0.376 e. The van der Waals surface area contributed by atoms with Gasteiger partial charge in [0.25, 0.3) is 0 Å². The fourth-order valence-electron chi connectivity index (χ4n) is 2.39. The standard InChI is InChI=1S/C14H17N3O3/c18-13(10-2-3-10)17-8-4-11(5-9-17)20-14(19)12-15-6-1-7-16-12/h1,6-7,10-11H,2-5,8-9H2. The Morgan fingerprint density at radius 1 is 1.10 bits per heavy atom. The number of carbonyl (C=O) groups excluding carboxylic acids is 2. The Morgan fingerprint density at radius 2 is 1.75 bits per heavy atom. The Hall–Kier alpha value is -1.98. The highest BCUT2D eigenvalue weighted by Crippen LogP contribution is 2.32. The molecule has 1 amide bonds. The van der Waals surface area contributed by atoms with Crippen LogP contribution in [-0.4, -0.2) is 45.9 Å². The van der Waals surface area contributed by atoms with Crippen molar-refractivity contribution in [3.8, 4) is 0 Å². The number of hydrogen-bond acceptors (Lipinski definition) is 5. The van der Waals surface area contributed by atoms with Crippen molar-refractivity contribution < 1.29 is 14.3 Å². The van der Waals surface area contributed by atoms with E-state index in [1.165, 1.54) is 12.4 Å². The minimum Gasteiger partial charge on any atom is -0.456 e. The third kappa shape index (κ3) is 2.95. The van der Waals surface area contributed by atoms with Crippen molar-refractivity contribution >= 4 is 11.9 Å². The van der Waals surface area contributed by atoms with Crippen molar-refractivity contribution in [3.63, 3.8) is 0 Å². The highest BCUT2D eigenvalue weighted by Gasteiger charge is 2.35. The van der Waals surface area contributed by atoms with Gasteiger partial charge < -0.3 is 9.64 Å². The van der Waals surface area contributed by atoms with E-state index in [4.69, 9.17) is 4.74 Å². The van der Waals surface area contributed by atoms with Gasteiger partial charge in [0.2, 0.25) is 11.7 Å². The van der Waals surface area contributed by atoms with E-state index in [1.54, 1.807) is 6.07 Å². The monoisotopic (exact) mass is 275 g/mol. The van der Waals surface area contributed by atoms with E-state index in [1.807, 2.05) is 4.90 Å². The van der Waals surface area contributed by atoms with E-state index in [-0.39, 0.29) is 23.8 Å². The molecule has 2 aliphatic rings. The summed E-state index contributed by atoms with van der Waals surface area (Å²) in [6.45, 7) is 1.34. The summed E-state index contributed by atoms with van der Waals surface area (Å²) < 4.78 is 5.38. The second-order valence-electron chi connectivity index (χ2n) is 5.28. The molecule has 3 rings (SSSR count). The molecule has 1 aliphatic carbocycles. The van der Waals surface area contributed by atoms with Gasteiger partial charge in [-0.05, 0) is 18.9 Å². The van der Waals surface area contributed by atoms with Gasteiger partial charge in [-0.2, -0.15) is 0 Å². The van der Waals surface area contributed by atoms with Gasteiger partial charge in [-0.3, -0.25) is 4.79 Å². The van der Waals surface area contributed by atoms with Crippen molar-refractivity contribution in [2.75, 3.05) is 13.1 Å². The summed E-state index contributed by atoms with van der Waals surface area (Å²) in [5.41, 5.74) is 0. The first-order chi connectivity index (χ1) is 9.74. The van der Waals surface area contributed by atoms with E-state index in [0.29, 0.717) is 25.9 Å². The maximum absolute atomic E-state index is 11.9. The zero-order valence-electron chi connectivity index (χ0n) is 11.2. The van der Waals surface area contributed by atoms with Gasteiger partial charge in [-0.25, -0.2) is 14.8 Å². The summed E-state index contributed by atoms with van der Waals surface area (Å²) in [6.07, 6.45) is 6.32. The molecule has 6 heteroatoms. The third-order valence-electron chi connectivity index (χ3n) is 3.70. The Morgan fingerprint density at radius 3 is 2.35 bits per heavy atom. The molecule has 106 valence electrons. The molecular weight excluding hydrogens is 258 g/mol. The lowest BCUT2D eigenvalue weighted by Crippen LogP contribution is -2.42. The van der Waals surface area contributed by atoms with E-state index in [2.05, 4.69) is 9.97 Å². The van der Waals surface area contributed by atoms with E-state index < -0.39 is 5.97 Å². The first-order valence-corrected chi connectivity index (χ1v) is 7.01. The average Bonchev–Trinajstić information content (AvgIpc) is 3.33. The summed E-state index contributed by atoms with van der Waals surface area (Å²) in [6, 6.07) is 1.65. The lowest BCUT2D eigenvalue weighted by atomic mass is 10.1. The van der Waals surface area contributed by atoms with Crippen LogP contribution in [0.4, 0.5) is 0 Å². The molecule has 1 saturated heterocycles. The van der Waals surface area contributed by atoms with Gasteiger partial charge >= 0.3 is 5.97 Å². The fraction of sp³-hybridized carbons (Fsp3) is 0.571. The first kappa shape index (κ1) is 13.0. The van der Waals surface area contributed by atoms with Crippen LogP contribution >= 0.6 is 0 Å². The number of rotatable bonds is 3. The van der Waals surface area contributed by atoms with Crippen LogP contribution in [0.2, 0.25) is 0 Å². The first-order valence-electron chi connectivity index (χ1n) is 7.01. The highest BCUT2D eigenvalue weighted by atomic mass is 16.5. The summed E-state index contributed by atoms with van der Waals surface area (Å²) in [7, 11) is 0. The summed E-state index contributed by atoms with van der Waals surface area (Å²) >= 11 is 0. The molecule has 0 aromatic carbocycles. The summed E-state index contributed by atoms with van der Waals surface area (Å²) in [5, 5.41) is 0. The molecular formula is C14H17N3O3. The third-order valence-corrected chi connectivity index (χ3v) is 3.70. The highest BCUT2D eigenvalue weighted by molar-refractivity contribution is 5.85. The number of carbonyl (C=O) groups is 2. The number of piperidine rings is 1. The molecule has 1 saturated carbocycles. The van der Waals surface area contributed by atoms with Crippen LogP contribution in [0, 0.1) is 5.92 Å². The van der Waals surface area contributed by atoms with Gasteiger partial charge in [-0.1, -0.05) is 0 Å². The van der Waals surface area contributed by atoms with Crippen LogP contribution in [0.3, 0.4) is 0 Å². The number of ether oxygens (including phenoxy) is 1. The van der Waals surface area contributed by atoms with Gasteiger partial charge in [-0.15, -0.1) is 0 Å². The molecule has 6 nitrogen and oxygen atoms in total. The smallest absolute Gasteiger partial charge is 0.376 e. The van der Waals surface area contributed by atoms with E-state index in [0.717, 1.165) is 12.8 Å². The lowest BCUT2D eigenvalue weighted by Gasteiger charge is -2.31. The zero-order valence-corrected chi connectivity index (χ0v) is 11.2. The maximum atomic E-state index is 11.9. The van der Waals surface area contributed by atoms with Gasteiger partial charge in [0.15, 0.2) is 0 Å². The zero-order chi connectivity index (χ0) is 13.9. The molecule has 0 unspecified atom stereocenters. The number of aromatic nitrogens is 2. The van der Waals surface area contributed by atoms with Crippen LogP contribution in [0.25, 0.3) is 0 Å². The number of hydrogen-bond donors (Lipinski definition) is 0. The van der Waals surface area contributed by atoms with Crippen LogP contribution in [0.5, 0.6) is 0 Å². The molecule has 2 heterocycles. The molecule has 1 aromatic rings. The second-order valence-corrected chi connectivity index (χ2v) is 5.28. The van der Waals surface area contributed by atoms with E-state index >= 15 is 0 Å². The number of amides is 1. The van der Waals surface area contributed by atoms with Crippen LogP contribution in [-0.2, 0) is 9.53 Å². The fourth-order valence-corrected chi connectivity index (χ4v) is 2.39. The van der Waals surface area contributed by atoms with Crippen molar-refractivity contribution in [2.24, 2.45) is 5.92 Å². The normalized spacial score (nSPS) is 19.7. The Labute approximate surface area is 117 Å². The molecule has 20 heavy (non-hydrogen) atoms. The quantitative estimate of drug-likeness (QED) is 0.770. The molecule has 0 radical (unpaired) electrons. The second kappa shape index (κ2) is 5.56. The number of nitrogens with zero attached hydrogens (tertiary/aromatic N) is 3. The molecule has 0 N–H and O–H groups in total. The minimum absolute atomic E-state index is 0.0870. The van der Waals surface area contributed by atoms with Crippen molar-refractivity contribution in [1.82, 2.24) is 14.9 Å². The Balaban J connectivity index is 1.49. The van der Waals surface area contributed by atoms with Crippen LogP contribution < -0.4 is 0 Å². The SMILES string of the molecule is O=C(OC1CCN(C(=O)C2CC2)CC1)c1ncccn1. The van der Waals surface area contributed by atoms with Crippen molar-refractivity contribution in [3.05, 3.63) is 24.3 Å². The Bertz CT molecular complexity index is 494. The van der Waals surface area contributed by atoms with Gasteiger partial charge in [0, 0.05) is 44.2 Å². The van der Waals surface area contributed by atoms with Crippen molar-refractivity contribution in [2.45, 2.75) is 31.8 Å². The number of esters is 1. The lowest BCUT2D eigenvalue weighted by molar-refractivity contribution is -0.134. The Kier molecular flexibility index (Phi) is 3.62. The number of likely N-dealkylation sites (tertiary alicyclic amines) is 1. The van der Waals surface area contributed by atoms with E-state index in [9.17, 15) is 9.59 Å². The molecule has 1 aliphatic heterocycles. The minimum atomic E-state index is -0.488. The average molecular weight is 275 g/mol. The van der Waals surface area contributed by atoms with Crippen molar-refractivity contribution in [1.29, 1.82) is 0 Å². The predicted molar refractivity (Wildman–Crippen MR) is 69.8 cm³/mol.